The summed E-state index contributed by atoms with van der Waals surface area (Å²) in [6, 6.07) is 5.19. The highest BCUT2D eigenvalue weighted by Crippen LogP contribution is 2.24. The molecule has 2 amide bonds. The van der Waals surface area contributed by atoms with E-state index in [0.717, 1.165) is 22.2 Å². The number of benzene rings is 1. The molecule has 122 valence electrons. The summed E-state index contributed by atoms with van der Waals surface area (Å²) in [5, 5.41) is 2.72. The van der Waals surface area contributed by atoms with Crippen molar-refractivity contribution in [3.05, 3.63) is 28.2 Å². The van der Waals surface area contributed by atoms with Crippen molar-refractivity contribution in [2.75, 3.05) is 14.2 Å². The van der Waals surface area contributed by atoms with Crippen molar-refractivity contribution in [2.45, 2.75) is 39.3 Å². The van der Waals surface area contributed by atoms with E-state index in [1.807, 2.05) is 25.1 Å². The highest BCUT2D eigenvalue weighted by atomic mass is 79.9. The van der Waals surface area contributed by atoms with E-state index in [-0.39, 0.29) is 11.8 Å². The van der Waals surface area contributed by atoms with Gasteiger partial charge < -0.3 is 15.0 Å². The largest absolute Gasteiger partial charge is 0.496 e. The maximum atomic E-state index is 12.5. The predicted molar refractivity (Wildman–Crippen MR) is 89.7 cm³/mol. The van der Waals surface area contributed by atoms with Crippen molar-refractivity contribution in [1.82, 2.24) is 10.2 Å². The van der Waals surface area contributed by atoms with Crippen LogP contribution in [-0.4, -0.2) is 36.9 Å². The molecule has 1 aromatic carbocycles. The number of carbonyl (C=O) groups is 2. The molecule has 0 saturated carbocycles. The number of nitrogens with zero attached hydrogens (tertiary/aromatic N) is 1. The lowest BCUT2D eigenvalue weighted by Crippen LogP contribution is -2.46. The molecule has 1 rings (SSSR count). The molecule has 0 saturated heterocycles. The average molecular weight is 371 g/mol. The summed E-state index contributed by atoms with van der Waals surface area (Å²) in [5.74, 6) is 0.439. The minimum atomic E-state index is -0.481. The third kappa shape index (κ3) is 5.33. The zero-order valence-corrected chi connectivity index (χ0v) is 15.1. The van der Waals surface area contributed by atoms with E-state index < -0.39 is 6.04 Å². The van der Waals surface area contributed by atoms with E-state index >= 15 is 0 Å². The first-order valence-electron chi connectivity index (χ1n) is 7.23. The number of likely N-dealkylation sites (N-methyl/N-ethyl adjacent to an activating group) is 1. The lowest BCUT2D eigenvalue weighted by molar-refractivity contribution is -0.135. The van der Waals surface area contributed by atoms with Gasteiger partial charge in [0, 0.05) is 30.6 Å². The summed E-state index contributed by atoms with van der Waals surface area (Å²) >= 11 is 3.42. The van der Waals surface area contributed by atoms with Gasteiger partial charge in [-0.15, -0.1) is 0 Å². The Hall–Kier alpha value is -1.56. The van der Waals surface area contributed by atoms with E-state index in [1.165, 1.54) is 6.92 Å². The Kier molecular flexibility index (Phi) is 7.38. The number of methoxy groups -OCH3 is 1. The Bertz CT molecular complexity index is 534. The molecule has 0 fully saturated rings. The Morgan fingerprint density at radius 1 is 1.41 bits per heavy atom. The minimum absolute atomic E-state index is 0.0981. The molecule has 5 nitrogen and oxygen atoms in total. The first-order chi connectivity index (χ1) is 10.4. The fraction of sp³-hybridized carbons (Fsp3) is 0.500. The maximum absolute atomic E-state index is 12.5. The lowest BCUT2D eigenvalue weighted by atomic mass is 10.1. The summed E-state index contributed by atoms with van der Waals surface area (Å²) in [5.41, 5.74) is 0.908. The van der Waals surface area contributed by atoms with Crippen molar-refractivity contribution in [3.63, 3.8) is 0 Å². The fourth-order valence-corrected chi connectivity index (χ4v) is 2.67. The standard InChI is InChI=1S/C16H23BrN2O3/c1-5-6-14(18-11(2)20)16(21)19(3)10-12-9-13(17)7-8-15(12)22-4/h7-9,14H,5-6,10H2,1-4H3,(H,18,20)/t14-/m1/s1. The molecule has 0 spiro atoms. The molecule has 0 unspecified atom stereocenters. The van der Waals surface area contributed by atoms with Crippen LogP contribution >= 0.6 is 15.9 Å². The zero-order chi connectivity index (χ0) is 16.7. The molecule has 0 radical (unpaired) electrons. The van der Waals surface area contributed by atoms with E-state index in [2.05, 4.69) is 21.2 Å². The molecule has 0 aliphatic rings. The Labute approximate surface area is 140 Å². The number of rotatable bonds is 7. The van der Waals surface area contributed by atoms with Gasteiger partial charge in [-0.2, -0.15) is 0 Å². The Morgan fingerprint density at radius 3 is 2.64 bits per heavy atom. The van der Waals surface area contributed by atoms with Crippen LogP contribution in [0.2, 0.25) is 0 Å². The van der Waals surface area contributed by atoms with Crippen LogP contribution in [0.1, 0.15) is 32.3 Å². The first kappa shape index (κ1) is 18.5. The number of hydrogen-bond acceptors (Lipinski definition) is 3. The van der Waals surface area contributed by atoms with Crippen molar-refractivity contribution < 1.29 is 14.3 Å². The second-order valence-electron chi connectivity index (χ2n) is 5.19. The molecule has 0 aromatic heterocycles. The summed E-state index contributed by atoms with van der Waals surface area (Å²) < 4.78 is 6.25. The predicted octanol–water partition coefficient (Wildman–Crippen LogP) is 2.72. The zero-order valence-electron chi connectivity index (χ0n) is 13.5. The summed E-state index contributed by atoms with van der Waals surface area (Å²) in [7, 11) is 3.33. The average Bonchev–Trinajstić information content (AvgIpc) is 2.45. The maximum Gasteiger partial charge on any atom is 0.245 e. The van der Waals surface area contributed by atoms with Crippen LogP contribution in [0.15, 0.2) is 22.7 Å². The molecule has 1 aromatic rings. The van der Waals surface area contributed by atoms with Gasteiger partial charge in [0.2, 0.25) is 11.8 Å². The number of nitrogens with one attached hydrogen (secondary N) is 1. The minimum Gasteiger partial charge on any atom is -0.496 e. The monoisotopic (exact) mass is 370 g/mol. The fourth-order valence-electron chi connectivity index (χ4n) is 2.26. The lowest BCUT2D eigenvalue weighted by Gasteiger charge is -2.25. The Morgan fingerprint density at radius 2 is 2.09 bits per heavy atom. The second kappa shape index (κ2) is 8.78. The van der Waals surface area contributed by atoms with E-state index in [0.29, 0.717) is 13.0 Å². The van der Waals surface area contributed by atoms with Crippen molar-refractivity contribution in [1.29, 1.82) is 0 Å². The van der Waals surface area contributed by atoms with Crippen molar-refractivity contribution in [2.24, 2.45) is 0 Å². The highest BCUT2D eigenvalue weighted by Gasteiger charge is 2.22. The van der Waals surface area contributed by atoms with Gasteiger partial charge in [0.1, 0.15) is 11.8 Å². The quantitative estimate of drug-likeness (QED) is 0.802. The van der Waals surface area contributed by atoms with Crippen molar-refractivity contribution in [3.8, 4) is 5.75 Å². The van der Waals surface area contributed by atoms with Gasteiger partial charge in [0.25, 0.3) is 0 Å². The number of carbonyl (C=O) groups excluding carboxylic acids is 2. The molecular weight excluding hydrogens is 348 g/mol. The van der Waals surface area contributed by atoms with Gasteiger partial charge in [-0.25, -0.2) is 0 Å². The van der Waals surface area contributed by atoms with E-state index in [9.17, 15) is 9.59 Å². The smallest absolute Gasteiger partial charge is 0.245 e. The third-order valence-corrected chi connectivity index (χ3v) is 3.77. The van der Waals surface area contributed by atoms with Gasteiger partial charge in [-0.3, -0.25) is 9.59 Å². The van der Waals surface area contributed by atoms with Crippen molar-refractivity contribution >= 4 is 27.7 Å². The van der Waals surface area contributed by atoms with Crippen LogP contribution in [0.3, 0.4) is 0 Å². The SMILES string of the molecule is CCC[C@@H](NC(C)=O)C(=O)N(C)Cc1cc(Br)ccc1OC. The molecule has 0 aliphatic heterocycles. The molecule has 1 N–H and O–H groups in total. The molecule has 0 heterocycles. The van der Waals surface area contributed by atoms with Gasteiger partial charge >= 0.3 is 0 Å². The van der Waals surface area contributed by atoms with Crippen LogP contribution in [0.5, 0.6) is 5.75 Å². The van der Waals surface area contributed by atoms with Crippen LogP contribution in [-0.2, 0) is 16.1 Å². The number of hydrogen-bond donors (Lipinski definition) is 1. The second-order valence-corrected chi connectivity index (χ2v) is 6.11. The topological polar surface area (TPSA) is 58.6 Å². The van der Waals surface area contributed by atoms with Crippen LogP contribution in [0.25, 0.3) is 0 Å². The molecule has 6 heteroatoms. The van der Waals surface area contributed by atoms with Gasteiger partial charge in [0.05, 0.1) is 7.11 Å². The molecule has 22 heavy (non-hydrogen) atoms. The van der Waals surface area contributed by atoms with Gasteiger partial charge in [0.15, 0.2) is 0 Å². The highest BCUT2D eigenvalue weighted by molar-refractivity contribution is 9.10. The van der Waals surface area contributed by atoms with E-state index in [1.54, 1.807) is 19.1 Å². The number of ether oxygens (including phenoxy) is 1. The molecular formula is C16H23BrN2O3. The molecule has 0 bridgehead atoms. The number of halogens is 1. The number of amides is 2. The summed E-state index contributed by atoms with van der Waals surface area (Å²) in [4.78, 5) is 25.4. The van der Waals surface area contributed by atoms with Crippen LogP contribution < -0.4 is 10.1 Å². The normalized spacial score (nSPS) is 11.7. The van der Waals surface area contributed by atoms with Gasteiger partial charge in [-0.05, 0) is 24.6 Å². The molecule has 0 aliphatic carbocycles. The van der Waals surface area contributed by atoms with Crippen LogP contribution in [0, 0.1) is 0 Å². The summed E-state index contributed by atoms with van der Waals surface area (Å²) in [6.07, 6.45) is 1.45. The molecule has 1 atom stereocenters. The van der Waals surface area contributed by atoms with Crippen LogP contribution in [0.4, 0.5) is 0 Å². The van der Waals surface area contributed by atoms with E-state index in [4.69, 9.17) is 4.74 Å². The summed E-state index contributed by atoms with van der Waals surface area (Å²) in [6.45, 7) is 3.83. The first-order valence-corrected chi connectivity index (χ1v) is 8.02. The van der Waals surface area contributed by atoms with Gasteiger partial charge in [-0.1, -0.05) is 29.3 Å². The third-order valence-electron chi connectivity index (χ3n) is 3.28. The Balaban J connectivity index is 2.86.